The van der Waals surface area contributed by atoms with Gasteiger partial charge in [-0.25, -0.2) is 14.3 Å². The molecule has 0 radical (unpaired) electrons. The maximum atomic E-state index is 13.0. The molecule has 0 bridgehead atoms. The summed E-state index contributed by atoms with van der Waals surface area (Å²) in [6.45, 7) is 2.41. The van der Waals surface area contributed by atoms with Crippen LogP contribution in [0.25, 0.3) is 38.8 Å². The zero-order valence-electron chi connectivity index (χ0n) is 44.3. The molecule has 7 heterocycles. The number of rotatable bonds is 18. The van der Waals surface area contributed by atoms with Gasteiger partial charge in [-0.1, -0.05) is 31.7 Å². The van der Waals surface area contributed by atoms with Crippen LogP contribution in [0.1, 0.15) is 64.8 Å². The Labute approximate surface area is 455 Å². The lowest BCUT2D eigenvalue weighted by molar-refractivity contribution is -0.692. The zero-order valence-corrected chi connectivity index (χ0v) is 45.2. The smallest absolute Gasteiger partial charge is 0.339 e. The first-order valence-electron chi connectivity index (χ1n) is 24.6. The van der Waals surface area contributed by atoms with Crippen LogP contribution in [0.2, 0.25) is 0 Å². The lowest BCUT2D eigenvalue weighted by Gasteiger charge is -2.20. The average molecular weight is 1050 g/mol. The maximum absolute atomic E-state index is 13.0. The SMILES string of the molecule is C.CN(C)c1ccc(C2OC(=O)c3cc(N(C)CCCCc4cnc5ccc(-[n+]6ccc(-c7cc[n+](Cc8cccc(C[n+]9ccc(-c%10cc[n+](CCP(=O)(O)O)cc%10)cc9)n8)cc7)cc6)cc5c4)ccc32)cc1.[CH3-].[CH3-].[CH3-]. The number of fused-ring (bicyclic) bond motifs is 2. The molecule has 0 amide bonds. The molecule has 0 saturated carbocycles. The van der Waals surface area contributed by atoms with Gasteiger partial charge in [-0.2, -0.15) is 13.7 Å². The van der Waals surface area contributed by atoms with Crippen LogP contribution in [0.4, 0.5) is 11.4 Å². The Morgan fingerprint density at radius 3 is 1.77 bits per heavy atom. The number of cyclic esters (lactones) is 1. The molecule has 9 aromatic rings. The highest BCUT2D eigenvalue weighted by molar-refractivity contribution is 7.51. The number of esters is 1. The van der Waals surface area contributed by atoms with E-state index in [2.05, 4.69) is 146 Å². The van der Waals surface area contributed by atoms with E-state index >= 15 is 0 Å². The largest absolute Gasteiger partial charge is 0.449 e. The van der Waals surface area contributed by atoms with E-state index in [9.17, 15) is 19.1 Å². The number of hydrogen-bond acceptors (Lipinski definition) is 7. The van der Waals surface area contributed by atoms with Gasteiger partial charge >= 0.3 is 13.6 Å². The van der Waals surface area contributed by atoms with Crippen molar-refractivity contribution in [3.63, 3.8) is 0 Å². The van der Waals surface area contributed by atoms with Crippen molar-refractivity contribution in [2.75, 3.05) is 43.6 Å². The van der Waals surface area contributed by atoms with Gasteiger partial charge in [-0.15, -0.1) is 0 Å². The summed E-state index contributed by atoms with van der Waals surface area (Å²) in [6, 6.07) is 45.7. The van der Waals surface area contributed by atoms with Crippen LogP contribution >= 0.6 is 7.60 Å². The van der Waals surface area contributed by atoms with Crippen LogP contribution in [-0.2, 0) is 35.4 Å². The number of pyridine rings is 6. The molecule has 1 aliphatic rings. The van der Waals surface area contributed by atoms with Crippen LogP contribution in [0, 0.1) is 22.3 Å². The number of benzene rings is 3. The lowest BCUT2D eigenvalue weighted by atomic mass is 9.98. The van der Waals surface area contributed by atoms with Gasteiger partial charge in [-0.3, -0.25) is 9.55 Å². The fourth-order valence-electron chi connectivity index (χ4n) is 9.31. The first-order chi connectivity index (χ1) is 35.4. The Bertz CT molecular complexity index is 3440. The van der Waals surface area contributed by atoms with Crippen molar-refractivity contribution in [1.82, 2.24) is 9.97 Å². The maximum Gasteiger partial charge on any atom is 0.339 e. The van der Waals surface area contributed by atoms with E-state index in [0.717, 1.165) is 98.5 Å². The van der Waals surface area contributed by atoms with E-state index in [-0.39, 0.29) is 54.5 Å². The van der Waals surface area contributed by atoms with E-state index in [0.29, 0.717) is 18.7 Å². The second kappa shape index (κ2) is 25.7. The molecule has 14 heteroatoms. The highest BCUT2D eigenvalue weighted by Gasteiger charge is 2.33. The van der Waals surface area contributed by atoms with Crippen molar-refractivity contribution in [2.24, 2.45) is 0 Å². The van der Waals surface area contributed by atoms with Crippen LogP contribution < -0.4 is 28.1 Å². The van der Waals surface area contributed by atoms with E-state index in [1.807, 2.05) is 87.5 Å². The van der Waals surface area contributed by atoms with E-state index in [1.165, 1.54) is 5.56 Å². The van der Waals surface area contributed by atoms with Crippen molar-refractivity contribution in [1.29, 1.82) is 0 Å². The Morgan fingerprint density at radius 2 is 1.19 bits per heavy atom. The number of unbranched alkanes of at least 4 members (excludes halogenated alkanes) is 1. The van der Waals surface area contributed by atoms with Gasteiger partial charge < -0.3 is 46.6 Å². The molecule has 3 aromatic carbocycles. The van der Waals surface area contributed by atoms with Crippen molar-refractivity contribution in [3.05, 3.63) is 245 Å². The minimum Gasteiger partial charge on any atom is -0.449 e. The second-order valence-electron chi connectivity index (χ2n) is 19.0. The van der Waals surface area contributed by atoms with E-state index < -0.39 is 7.60 Å². The Kier molecular flexibility index (Phi) is 19.5. The first kappa shape index (κ1) is 58.3. The molecule has 0 saturated heterocycles. The Balaban J connectivity index is 0.00000240. The number of nitrogens with zero attached hydrogens (tertiary/aromatic N) is 8. The number of anilines is 2. The van der Waals surface area contributed by atoms with Gasteiger partial charge in [0.05, 0.1) is 11.1 Å². The molecule has 13 nitrogen and oxygen atoms in total. The topological polar surface area (TPSA) is 132 Å². The summed E-state index contributed by atoms with van der Waals surface area (Å²) >= 11 is 0. The highest BCUT2D eigenvalue weighted by atomic mass is 31.2. The number of aryl methyl sites for hydroxylation is 2. The average Bonchev–Trinajstić information content (AvgIpc) is 3.74. The third-order valence-corrected chi connectivity index (χ3v) is 14.3. The molecule has 1 aliphatic heterocycles. The number of aromatic nitrogens is 6. The first-order valence-corrected chi connectivity index (χ1v) is 26.4. The van der Waals surface area contributed by atoms with Crippen LogP contribution in [0.3, 0.4) is 0 Å². The van der Waals surface area contributed by atoms with Crippen LogP contribution in [-0.4, -0.2) is 59.6 Å². The normalized spacial score (nSPS) is 12.5. The van der Waals surface area contributed by atoms with Gasteiger partial charge in [-0.05, 0) is 101 Å². The molecule has 10 rings (SSSR count). The number of ether oxygens (including phenoxy) is 1. The summed E-state index contributed by atoms with van der Waals surface area (Å²) in [7, 11) is 2.06. The number of hydrogen-bond donors (Lipinski definition) is 2. The third kappa shape index (κ3) is 14.3. The predicted octanol–water partition coefficient (Wildman–Crippen LogP) is 10.1. The molecule has 1 unspecified atom stereocenters. The van der Waals surface area contributed by atoms with Crippen molar-refractivity contribution < 1.29 is 42.2 Å². The summed E-state index contributed by atoms with van der Waals surface area (Å²) in [4.78, 5) is 45.3. The molecule has 77 heavy (non-hydrogen) atoms. The van der Waals surface area contributed by atoms with Crippen LogP contribution in [0.15, 0.2) is 189 Å². The molecule has 0 spiro atoms. The quantitative estimate of drug-likeness (QED) is 0.0284. The van der Waals surface area contributed by atoms with Gasteiger partial charge in [0.2, 0.25) is 5.69 Å². The molecule has 0 fully saturated rings. The standard InChI is InChI=1S/C59H57N8O5P.CH4.3CH3/c1-62(2)52-12-10-48(11-13-52)58-55-16-14-53(39-56(55)59(68)72-58)63(3)26-5-4-7-43-37-49-38-54(15-17-57(49)60-40-43)67-33-24-47(25-34-67)46-22-31-66(32-23-46)42-51-9-6-8-50(61-51)41-65-29-20-45(21-30-65)44-18-27-64(28-19-44)35-36-73(69,70)71;;;;/h6,8-25,27-34,37-40,58H,4-5,7,26,35-36,41-42H2,1-3H3;1H4;3*1H3/q+2;;3*-1/p+2. The van der Waals surface area contributed by atoms with E-state index in [1.54, 1.807) is 4.57 Å². The fraction of sp³-hybridized carbons (Fsp3) is 0.206. The fourth-order valence-corrected chi connectivity index (χ4v) is 9.80. The molecular weight excluding hydrogens is 980 g/mol. The molecule has 6 aromatic heterocycles. The monoisotopic (exact) mass is 1050 g/mol. The van der Waals surface area contributed by atoms with Crippen LogP contribution in [0.5, 0.6) is 0 Å². The van der Waals surface area contributed by atoms with Gasteiger partial charge in [0.25, 0.3) is 0 Å². The second-order valence-corrected chi connectivity index (χ2v) is 20.8. The summed E-state index contributed by atoms with van der Waals surface area (Å²) in [5.41, 5.74) is 14.2. The molecule has 2 N–H and O–H groups in total. The Morgan fingerprint density at radius 1 is 0.636 bits per heavy atom. The summed E-state index contributed by atoms with van der Waals surface area (Å²) in [6.07, 6.45) is 20.5. The highest BCUT2D eigenvalue weighted by Crippen LogP contribution is 2.38. The van der Waals surface area contributed by atoms with Gasteiger partial charge in [0, 0.05) is 117 Å². The number of carbonyl (C=O) groups excluding carboxylic acids is 1. The molecule has 398 valence electrons. The van der Waals surface area contributed by atoms with Crippen molar-refractivity contribution >= 4 is 35.8 Å². The number of carbonyl (C=O) groups is 1. The minimum absolute atomic E-state index is 0. The molecular formula is C63H72N8O5P+. The lowest BCUT2D eigenvalue weighted by Crippen LogP contribution is -2.35. The van der Waals surface area contributed by atoms with Crippen molar-refractivity contribution in [3.8, 4) is 27.9 Å². The van der Waals surface area contributed by atoms with Crippen molar-refractivity contribution in [2.45, 2.75) is 52.4 Å². The summed E-state index contributed by atoms with van der Waals surface area (Å²) < 4.78 is 25.2. The predicted molar refractivity (Wildman–Crippen MR) is 307 cm³/mol. The molecule has 1 atom stereocenters. The minimum atomic E-state index is -4.04. The van der Waals surface area contributed by atoms with Gasteiger partial charge in [0.1, 0.15) is 17.5 Å². The summed E-state index contributed by atoms with van der Waals surface area (Å²) in [5.74, 6) is -0.273. The summed E-state index contributed by atoms with van der Waals surface area (Å²) in [5, 5.41) is 1.11. The third-order valence-electron chi connectivity index (χ3n) is 13.5. The zero-order chi connectivity index (χ0) is 50.5. The van der Waals surface area contributed by atoms with Gasteiger partial charge in [0.15, 0.2) is 75.3 Å². The van der Waals surface area contributed by atoms with E-state index in [4.69, 9.17) is 14.7 Å². The molecule has 0 aliphatic carbocycles. The Hall–Kier alpha value is -7.96.